The van der Waals surface area contributed by atoms with Gasteiger partial charge < -0.3 is 10.3 Å². The van der Waals surface area contributed by atoms with Gasteiger partial charge in [-0.1, -0.05) is 59.2 Å². The minimum atomic E-state index is -0.00903. The number of rotatable bonds is 3. The first kappa shape index (κ1) is 20.5. The number of phenols is 1. The van der Waals surface area contributed by atoms with Crippen LogP contribution in [0.25, 0.3) is 16.7 Å². The number of aromatic nitrogens is 3. The summed E-state index contributed by atoms with van der Waals surface area (Å²) < 4.78 is 0. The molecule has 1 aromatic heterocycles. The molecular formula is C22H28ClN3O2. The number of aromatic hydroxyl groups is 1. The fraction of sp³-hybridized carbons (Fsp3) is 0.455. The molecule has 5 nitrogen and oxygen atoms in total. The first-order chi connectivity index (χ1) is 12.8. The lowest BCUT2D eigenvalue weighted by Crippen LogP contribution is -2.37. The Morgan fingerprint density at radius 2 is 1.68 bits per heavy atom. The van der Waals surface area contributed by atoms with Crippen LogP contribution in [0.3, 0.4) is 0 Å². The number of phenolic OH excluding ortho intramolecular Hbond substituents is 1. The third-order valence-electron chi connectivity index (χ3n) is 4.42. The van der Waals surface area contributed by atoms with Gasteiger partial charge in [0.1, 0.15) is 5.75 Å². The first-order valence-electron chi connectivity index (χ1n) is 9.47. The number of hydrogen-bond donors (Lipinski definition) is 1. The minimum absolute atomic E-state index is 0.00903. The van der Waals surface area contributed by atoms with E-state index in [2.05, 4.69) is 46.6 Å². The summed E-state index contributed by atoms with van der Waals surface area (Å²) in [6, 6.07) is 8.85. The van der Waals surface area contributed by atoms with Crippen molar-refractivity contribution in [3.63, 3.8) is 0 Å². The number of halogens is 1. The molecule has 1 heterocycles. The van der Waals surface area contributed by atoms with E-state index in [9.17, 15) is 10.3 Å². The van der Waals surface area contributed by atoms with E-state index in [0.29, 0.717) is 33.0 Å². The molecule has 0 aliphatic rings. The highest BCUT2D eigenvalue weighted by Gasteiger charge is 2.25. The third-order valence-corrected chi connectivity index (χ3v) is 4.65. The van der Waals surface area contributed by atoms with Crippen LogP contribution in [0.5, 0.6) is 5.75 Å². The molecule has 0 fully saturated rings. The molecule has 28 heavy (non-hydrogen) atoms. The Bertz CT molecular complexity index is 1030. The van der Waals surface area contributed by atoms with E-state index in [4.69, 9.17) is 11.6 Å². The SMILES string of the molecule is CC(C)(C)Cc1cc(CC(C)(C)C)c(O)c(-n2nc3cc(Cl)ccc3[n+]2[O-])c1. The molecule has 0 bridgehead atoms. The summed E-state index contributed by atoms with van der Waals surface area (Å²) in [5.41, 5.74) is 3.23. The van der Waals surface area contributed by atoms with E-state index in [1.54, 1.807) is 18.2 Å². The Morgan fingerprint density at radius 1 is 1.04 bits per heavy atom. The zero-order valence-corrected chi connectivity index (χ0v) is 18.1. The van der Waals surface area contributed by atoms with E-state index < -0.39 is 0 Å². The zero-order valence-electron chi connectivity index (χ0n) is 17.4. The van der Waals surface area contributed by atoms with Crippen LogP contribution in [0, 0.1) is 16.0 Å². The lowest BCUT2D eigenvalue weighted by atomic mass is 9.84. The summed E-state index contributed by atoms with van der Waals surface area (Å²) in [5, 5.41) is 28.8. The van der Waals surface area contributed by atoms with E-state index >= 15 is 0 Å². The van der Waals surface area contributed by atoms with Crippen molar-refractivity contribution >= 4 is 22.6 Å². The zero-order chi connectivity index (χ0) is 20.9. The number of benzene rings is 2. The summed E-state index contributed by atoms with van der Waals surface area (Å²) in [6.07, 6.45) is 1.51. The van der Waals surface area contributed by atoms with Gasteiger partial charge in [-0.15, -0.1) is 4.85 Å². The van der Waals surface area contributed by atoms with Crippen LogP contribution in [-0.2, 0) is 12.8 Å². The Hall–Kier alpha value is -2.27. The van der Waals surface area contributed by atoms with Crippen LogP contribution in [0.15, 0.2) is 30.3 Å². The molecule has 3 rings (SSSR count). The predicted octanol–water partition coefficient (Wildman–Crippen LogP) is 5.20. The molecule has 0 aliphatic carbocycles. The van der Waals surface area contributed by atoms with Crippen molar-refractivity contribution in [2.24, 2.45) is 10.8 Å². The number of fused-ring (bicyclic) bond motifs is 1. The van der Waals surface area contributed by atoms with E-state index in [0.717, 1.165) is 17.5 Å². The lowest BCUT2D eigenvalue weighted by Gasteiger charge is -2.23. The molecule has 2 aromatic carbocycles. The van der Waals surface area contributed by atoms with Crippen molar-refractivity contribution in [1.29, 1.82) is 0 Å². The highest BCUT2D eigenvalue weighted by Crippen LogP contribution is 2.34. The molecule has 0 aliphatic heterocycles. The molecule has 150 valence electrons. The molecule has 0 spiro atoms. The molecule has 0 saturated heterocycles. The minimum Gasteiger partial charge on any atom is -0.692 e. The van der Waals surface area contributed by atoms with Crippen molar-refractivity contribution in [3.05, 3.63) is 51.7 Å². The van der Waals surface area contributed by atoms with Gasteiger partial charge >= 0.3 is 0 Å². The van der Waals surface area contributed by atoms with Crippen molar-refractivity contribution in [3.8, 4) is 11.4 Å². The fourth-order valence-electron chi connectivity index (χ4n) is 3.45. The maximum Gasteiger partial charge on any atom is 0.251 e. The number of hydrogen-bond acceptors (Lipinski definition) is 3. The van der Waals surface area contributed by atoms with Gasteiger partial charge in [-0.05, 0) is 57.8 Å². The maximum atomic E-state index is 12.8. The Kier molecular flexibility index (Phi) is 5.09. The molecular weight excluding hydrogens is 374 g/mol. The monoisotopic (exact) mass is 401 g/mol. The van der Waals surface area contributed by atoms with E-state index in [1.165, 1.54) is 4.80 Å². The van der Waals surface area contributed by atoms with Crippen LogP contribution in [-0.4, -0.2) is 15.0 Å². The van der Waals surface area contributed by atoms with Crippen molar-refractivity contribution in [2.45, 2.75) is 54.4 Å². The predicted molar refractivity (Wildman–Crippen MR) is 113 cm³/mol. The van der Waals surface area contributed by atoms with E-state index in [1.807, 2.05) is 12.1 Å². The molecule has 1 N–H and O–H groups in total. The second-order valence-electron chi connectivity index (χ2n) is 9.89. The average molecular weight is 402 g/mol. The molecule has 0 amide bonds. The highest BCUT2D eigenvalue weighted by molar-refractivity contribution is 6.31. The second-order valence-corrected chi connectivity index (χ2v) is 10.3. The highest BCUT2D eigenvalue weighted by atomic mass is 35.5. The normalized spacial score (nSPS) is 12.7. The third kappa shape index (κ3) is 4.41. The van der Waals surface area contributed by atoms with Gasteiger partial charge in [0, 0.05) is 11.1 Å². The van der Waals surface area contributed by atoms with Gasteiger partial charge in [0.25, 0.3) is 5.52 Å². The Labute approximate surface area is 171 Å². The van der Waals surface area contributed by atoms with Crippen LogP contribution in [0.2, 0.25) is 5.02 Å². The molecule has 0 unspecified atom stereocenters. The van der Waals surface area contributed by atoms with E-state index in [-0.39, 0.29) is 16.6 Å². The summed E-state index contributed by atoms with van der Waals surface area (Å²) >= 11 is 6.04. The topological polar surface area (TPSA) is 65.0 Å². The van der Waals surface area contributed by atoms with Gasteiger partial charge in [0.2, 0.25) is 5.52 Å². The van der Waals surface area contributed by atoms with Gasteiger partial charge in [0.15, 0.2) is 5.69 Å². The maximum absolute atomic E-state index is 12.8. The van der Waals surface area contributed by atoms with Gasteiger partial charge in [-0.3, -0.25) is 0 Å². The van der Waals surface area contributed by atoms with Crippen molar-refractivity contribution in [2.75, 3.05) is 0 Å². The average Bonchev–Trinajstić information content (AvgIpc) is 2.83. The Balaban J connectivity index is 2.23. The van der Waals surface area contributed by atoms with Crippen LogP contribution >= 0.6 is 11.6 Å². The lowest BCUT2D eigenvalue weighted by molar-refractivity contribution is -0.664. The van der Waals surface area contributed by atoms with Crippen LogP contribution in [0.4, 0.5) is 0 Å². The summed E-state index contributed by atoms with van der Waals surface area (Å²) in [7, 11) is 0. The summed E-state index contributed by atoms with van der Waals surface area (Å²) in [5.74, 6) is 0.0936. The Morgan fingerprint density at radius 3 is 2.29 bits per heavy atom. The molecule has 6 heteroatoms. The van der Waals surface area contributed by atoms with Crippen LogP contribution < -0.4 is 4.85 Å². The largest absolute Gasteiger partial charge is 0.692 e. The van der Waals surface area contributed by atoms with Crippen molar-refractivity contribution < 1.29 is 9.95 Å². The van der Waals surface area contributed by atoms with Gasteiger partial charge in [-0.2, -0.15) is 0 Å². The number of nitrogens with zero attached hydrogens (tertiary/aromatic N) is 3. The molecule has 0 radical (unpaired) electrons. The first-order valence-corrected chi connectivity index (χ1v) is 9.85. The van der Waals surface area contributed by atoms with Crippen LogP contribution in [0.1, 0.15) is 52.7 Å². The summed E-state index contributed by atoms with van der Waals surface area (Å²) in [6.45, 7) is 12.9. The standard InChI is InChI=1S/C22H28ClN3O2/c1-21(2,3)12-14-9-15(13-22(4,5)6)20(27)19(10-14)25-24-17-11-16(23)7-8-18(17)26(25)28/h7-11,27H,12-13H2,1-6H3. The fourth-order valence-corrected chi connectivity index (χ4v) is 3.62. The van der Waals surface area contributed by atoms with Gasteiger partial charge in [-0.25, -0.2) is 0 Å². The smallest absolute Gasteiger partial charge is 0.251 e. The van der Waals surface area contributed by atoms with Gasteiger partial charge in [0.05, 0.1) is 5.10 Å². The quantitative estimate of drug-likeness (QED) is 0.484. The molecule has 0 atom stereocenters. The van der Waals surface area contributed by atoms with Crippen molar-refractivity contribution in [1.82, 2.24) is 9.90 Å². The second kappa shape index (κ2) is 6.96. The molecule has 3 aromatic rings. The summed E-state index contributed by atoms with van der Waals surface area (Å²) in [4.78, 5) is 1.91. The molecule has 0 saturated carbocycles.